The topological polar surface area (TPSA) is 93.8 Å². The number of aromatic nitrogens is 5. The number of carbonyl (C=O) groups is 1. The quantitative estimate of drug-likeness (QED) is 0.383. The van der Waals surface area contributed by atoms with Crippen molar-refractivity contribution in [2.75, 3.05) is 0 Å². The van der Waals surface area contributed by atoms with Gasteiger partial charge < -0.3 is 5.11 Å². The highest BCUT2D eigenvalue weighted by molar-refractivity contribution is 5.80. The first-order valence-electron chi connectivity index (χ1n) is 10.7. The number of fused-ring (bicyclic) bond motifs is 1. The summed E-state index contributed by atoms with van der Waals surface area (Å²) in [5, 5.41) is 13.8. The lowest BCUT2D eigenvalue weighted by atomic mass is 10.0. The van der Waals surface area contributed by atoms with Gasteiger partial charge in [0.25, 0.3) is 0 Å². The summed E-state index contributed by atoms with van der Waals surface area (Å²) < 4.78 is 1.78. The van der Waals surface area contributed by atoms with Crippen LogP contribution in [-0.2, 0) is 11.3 Å². The Morgan fingerprint density at radius 2 is 1.45 bits per heavy atom. The zero-order chi connectivity index (χ0) is 22.6. The second-order valence-corrected chi connectivity index (χ2v) is 7.68. The van der Waals surface area contributed by atoms with E-state index in [-0.39, 0.29) is 6.42 Å². The van der Waals surface area contributed by atoms with E-state index >= 15 is 0 Å². The van der Waals surface area contributed by atoms with Gasteiger partial charge in [-0.2, -0.15) is 5.10 Å². The largest absolute Gasteiger partial charge is 0.481 e. The molecule has 0 bridgehead atoms. The number of aliphatic carboxylic acids is 1. The third-order valence-electron chi connectivity index (χ3n) is 5.41. The van der Waals surface area contributed by atoms with Crippen molar-refractivity contribution in [2.45, 2.75) is 19.4 Å². The van der Waals surface area contributed by atoms with Crippen LogP contribution in [0.2, 0.25) is 0 Å². The molecule has 7 heteroatoms. The molecule has 0 amide bonds. The second kappa shape index (κ2) is 9.00. The van der Waals surface area contributed by atoms with Gasteiger partial charge in [-0.25, -0.2) is 9.67 Å². The van der Waals surface area contributed by atoms with Crippen LogP contribution in [0.25, 0.3) is 44.9 Å². The van der Waals surface area contributed by atoms with Crippen LogP contribution in [0, 0.1) is 0 Å². The number of nitrogens with zero attached hydrogens (tertiary/aromatic N) is 5. The average Bonchev–Trinajstić information content (AvgIpc) is 3.28. The molecular weight excluding hydrogens is 414 g/mol. The number of hydrogen-bond acceptors (Lipinski definition) is 5. The van der Waals surface area contributed by atoms with Crippen LogP contribution in [0.4, 0.5) is 0 Å². The Kier molecular flexibility index (Phi) is 5.59. The van der Waals surface area contributed by atoms with Crippen LogP contribution in [-0.4, -0.2) is 35.8 Å². The molecule has 5 aromatic rings. The highest BCUT2D eigenvalue weighted by atomic mass is 16.4. The Morgan fingerprint density at radius 1 is 0.788 bits per heavy atom. The molecule has 0 aliphatic rings. The van der Waals surface area contributed by atoms with E-state index in [1.54, 1.807) is 17.1 Å². The first-order valence-corrected chi connectivity index (χ1v) is 10.7. The van der Waals surface area contributed by atoms with Crippen molar-refractivity contribution >= 4 is 17.0 Å². The van der Waals surface area contributed by atoms with E-state index in [1.807, 2.05) is 48.5 Å². The van der Waals surface area contributed by atoms with E-state index in [2.05, 4.69) is 34.2 Å². The monoisotopic (exact) mass is 435 g/mol. The van der Waals surface area contributed by atoms with E-state index in [0.29, 0.717) is 24.6 Å². The Balaban J connectivity index is 1.51. The lowest BCUT2D eigenvalue weighted by Crippen LogP contribution is -2.05. The molecule has 2 heterocycles. The van der Waals surface area contributed by atoms with Gasteiger partial charge in [-0.15, -0.1) is 0 Å². The van der Waals surface area contributed by atoms with Crippen LogP contribution in [0.3, 0.4) is 0 Å². The molecule has 0 saturated heterocycles. The van der Waals surface area contributed by atoms with E-state index in [0.717, 1.165) is 33.3 Å². The predicted molar refractivity (Wildman–Crippen MR) is 126 cm³/mol. The van der Waals surface area contributed by atoms with Gasteiger partial charge in [-0.05, 0) is 35.7 Å². The van der Waals surface area contributed by atoms with Gasteiger partial charge >= 0.3 is 5.97 Å². The van der Waals surface area contributed by atoms with Crippen LogP contribution in [0.1, 0.15) is 12.8 Å². The SMILES string of the molecule is O=C(O)CCCn1nc(-c2ccc(-c3ccccc3)cc2)nc1-c1ccc2nccnc2c1. The molecule has 3 aromatic carbocycles. The van der Waals surface area contributed by atoms with E-state index in [4.69, 9.17) is 15.2 Å². The molecule has 0 radical (unpaired) electrons. The smallest absolute Gasteiger partial charge is 0.303 e. The molecule has 1 N–H and O–H groups in total. The first-order chi connectivity index (χ1) is 16.2. The predicted octanol–water partition coefficient (Wildman–Crippen LogP) is 5.09. The molecule has 7 nitrogen and oxygen atoms in total. The molecule has 0 aliphatic carbocycles. The van der Waals surface area contributed by atoms with Gasteiger partial charge in [-0.1, -0.05) is 54.6 Å². The maximum atomic E-state index is 11.0. The lowest BCUT2D eigenvalue weighted by Gasteiger charge is -2.06. The number of aryl methyl sites for hydroxylation is 1. The van der Waals surface area contributed by atoms with Crippen LogP contribution in [0.15, 0.2) is 85.2 Å². The van der Waals surface area contributed by atoms with Crippen LogP contribution >= 0.6 is 0 Å². The number of carboxylic acids is 1. The number of hydrogen-bond donors (Lipinski definition) is 1. The van der Waals surface area contributed by atoms with Crippen molar-refractivity contribution in [1.29, 1.82) is 0 Å². The molecule has 162 valence electrons. The number of benzene rings is 3. The van der Waals surface area contributed by atoms with Crippen molar-refractivity contribution in [1.82, 2.24) is 24.7 Å². The number of rotatable bonds is 7. The van der Waals surface area contributed by atoms with Crippen molar-refractivity contribution in [3.8, 4) is 33.9 Å². The Bertz CT molecular complexity index is 1410. The summed E-state index contributed by atoms with van der Waals surface area (Å²) >= 11 is 0. The van der Waals surface area contributed by atoms with Gasteiger partial charge in [0.1, 0.15) is 0 Å². The molecule has 0 spiro atoms. The van der Waals surface area contributed by atoms with E-state index in [9.17, 15) is 4.79 Å². The number of carboxylic acid groups (broad SMARTS) is 1. The summed E-state index contributed by atoms with van der Waals surface area (Å²) in [5.41, 5.74) is 5.59. The maximum Gasteiger partial charge on any atom is 0.303 e. The summed E-state index contributed by atoms with van der Waals surface area (Å²) in [4.78, 5) is 24.5. The standard InChI is InChI=1S/C26H21N5O2/c32-24(33)7-4-16-31-26(21-12-13-22-23(17-21)28-15-14-27-22)29-25(30-31)20-10-8-19(9-11-20)18-5-2-1-3-6-18/h1-3,5-6,8-15,17H,4,7,16H2,(H,32,33). The molecule has 0 aliphatic heterocycles. The Morgan fingerprint density at radius 3 is 2.21 bits per heavy atom. The fourth-order valence-electron chi connectivity index (χ4n) is 3.76. The van der Waals surface area contributed by atoms with E-state index in [1.165, 1.54) is 0 Å². The van der Waals surface area contributed by atoms with Gasteiger partial charge in [0, 0.05) is 36.5 Å². The van der Waals surface area contributed by atoms with Gasteiger partial charge in [0.05, 0.1) is 11.0 Å². The van der Waals surface area contributed by atoms with Crippen molar-refractivity contribution < 1.29 is 9.90 Å². The Labute approximate surface area is 190 Å². The van der Waals surface area contributed by atoms with Crippen molar-refractivity contribution in [2.24, 2.45) is 0 Å². The summed E-state index contributed by atoms with van der Waals surface area (Å²) in [6.45, 7) is 0.454. The molecule has 0 unspecified atom stereocenters. The summed E-state index contributed by atoms with van der Waals surface area (Å²) in [6, 6.07) is 24.1. The van der Waals surface area contributed by atoms with Crippen molar-refractivity contribution in [3.05, 3.63) is 85.2 Å². The van der Waals surface area contributed by atoms with Gasteiger partial charge in [-0.3, -0.25) is 14.8 Å². The minimum atomic E-state index is -0.825. The third kappa shape index (κ3) is 4.48. The third-order valence-corrected chi connectivity index (χ3v) is 5.41. The van der Waals surface area contributed by atoms with E-state index < -0.39 is 5.97 Å². The van der Waals surface area contributed by atoms with Crippen LogP contribution in [0.5, 0.6) is 0 Å². The second-order valence-electron chi connectivity index (χ2n) is 7.68. The minimum absolute atomic E-state index is 0.0730. The Hall–Kier alpha value is -4.39. The van der Waals surface area contributed by atoms with Gasteiger partial charge in [0.15, 0.2) is 11.6 Å². The molecular formula is C26H21N5O2. The zero-order valence-corrected chi connectivity index (χ0v) is 17.8. The molecule has 0 atom stereocenters. The lowest BCUT2D eigenvalue weighted by molar-refractivity contribution is -0.137. The fourth-order valence-corrected chi connectivity index (χ4v) is 3.76. The normalized spacial score (nSPS) is 11.0. The average molecular weight is 435 g/mol. The molecule has 33 heavy (non-hydrogen) atoms. The molecule has 2 aromatic heterocycles. The zero-order valence-electron chi connectivity index (χ0n) is 17.8. The molecule has 0 saturated carbocycles. The van der Waals surface area contributed by atoms with Gasteiger partial charge in [0.2, 0.25) is 0 Å². The summed E-state index contributed by atoms with van der Waals surface area (Å²) in [7, 11) is 0. The highest BCUT2D eigenvalue weighted by Gasteiger charge is 2.15. The summed E-state index contributed by atoms with van der Waals surface area (Å²) in [5.74, 6) is 0.448. The summed E-state index contributed by atoms with van der Waals surface area (Å²) in [6.07, 6.45) is 3.85. The fraction of sp³-hybridized carbons (Fsp3) is 0.115. The van der Waals surface area contributed by atoms with Crippen molar-refractivity contribution in [3.63, 3.8) is 0 Å². The molecule has 5 rings (SSSR count). The minimum Gasteiger partial charge on any atom is -0.481 e. The first kappa shape index (κ1) is 20.5. The maximum absolute atomic E-state index is 11.0. The molecule has 0 fully saturated rings. The highest BCUT2D eigenvalue weighted by Crippen LogP contribution is 2.27. The van der Waals surface area contributed by atoms with Crippen LogP contribution < -0.4 is 0 Å².